The molecule has 50 heavy (non-hydrogen) atoms. The molecule has 3 aromatic heterocycles. The average molecular weight is 648 g/mol. The summed E-state index contributed by atoms with van der Waals surface area (Å²) in [6.07, 6.45) is 0. The molecule has 0 bridgehead atoms. The van der Waals surface area contributed by atoms with Gasteiger partial charge in [-0.1, -0.05) is 127 Å². The minimum absolute atomic E-state index is 0.0175. The van der Waals surface area contributed by atoms with Crippen LogP contribution in [-0.2, 0) is 0 Å². The third kappa shape index (κ3) is 4.75. The molecule has 0 aliphatic rings. The number of nitrogens with zero attached hydrogens (tertiary/aromatic N) is 3. The van der Waals surface area contributed by atoms with E-state index in [-0.39, 0.29) is 86.8 Å². The van der Waals surface area contributed by atoms with Crippen LogP contribution < -0.4 is 0 Å². The lowest BCUT2D eigenvalue weighted by Crippen LogP contribution is -2.00. The molecule has 0 saturated carbocycles. The van der Waals surface area contributed by atoms with Gasteiger partial charge in [-0.2, -0.15) is 0 Å². The smallest absolute Gasteiger partial charge is 0.164 e. The van der Waals surface area contributed by atoms with E-state index in [0.717, 1.165) is 21.9 Å². The number of rotatable bonds is 5. The van der Waals surface area contributed by atoms with Gasteiger partial charge in [0.25, 0.3) is 0 Å². The molecule has 0 fully saturated rings. The Kier molecular flexibility index (Phi) is 5.17. The molecule has 5 heteroatoms. The fourth-order valence-corrected chi connectivity index (χ4v) is 6.39. The van der Waals surface area contributed by atoms with Crippen LogP contribution in [0.5, 0.6) is 0 Å². The molecule has 5 nitrogen and oxygen atoms in total. The van der Waals surface area contributed by atoms with Crippen molar-refractivity contribution in [3.63, 3.8) is 0 Å². The maximum Gasteiger partial charge on any atom is 0.164 e. The number of aromatic nitrogens is 3. The van der Waals surface area contributed by atoms with Gasteiger partial charge in [0.15, 0.2) is 17.5 Å². The van der Waals surface area contributed by atoms with E-state index in [2.05, 4.69) is 0 Å². The Morgan fingerprint density at radius 2 is 0.960 bits per heavy atom. The minimum atomic E-state index is -0.346. The monoisotopic (exact) mass is 647 g/mol. The molecular weight excluding hydrogens is 615 g/mol. The van der Waals surface area contributed by atoms with E-state index >= 15 is 0 Å². The van der Waals surface area contributed by atoms with E-state index in [1.807, 2.05) is 103 Å². The van der Waals surface area contributed by atoms with E-state index in [4.69, 9.17) is 26.5 Å². The van der Waals surface area contributed by atoms with Crippen molar-refractivity contribution in [1.29, 1.82) is 0 Å². The molecule has 7 aromatic carbocycles. The van der Waals surface area contributed by atoms with E-state index < -0.39 is 0 Å². The van der Waals surface area contributed by atoms with Crippen molar-refractivity contribution in [1.82, 2.24) is 15.0 Å². The highest BCUT2D eigenvalue weighted by Gasteiger charge is 2.19. The third-order valence-corrected chi connectivity index (χ3v) is 8.83. The lowest BCUT2D eigenvalue weighted by Gasteiger charge is -2.10. The van der Waals surface area contributed by atoms with Gasteiger partial charge in [-0.25, -0.2) is 15.0 Å². The number of furan rings is 2. The Labute approximate surface area is 295 Å². The second kappa shape index (κ2) is 11.4. The summed E-state index contributed by atoms with van der Waals surface area (Å²) in [6.45, 7) is 0. The van der Waals surface area contributed by atoms with Crippen molar-refractivity contribution in [3.05, 3.63) is 164 Å². The number of fused-ring (bicyclic) bond motifs is 6. The summed E-state index contributed by atoms with van der Waals surface area (Å²) in [4.78, 5) is 14.7. The van der Waals surface area contributed by atoms with Crippen LogP contribution in [0.4, 0.5) is 0 Å². The summed E-state index contributed by atoms with van der Waals surface area (Å²) >= 11 is 0. The highest BCUT2D eigenvalue weighted by atomic mass is 16.3. The van der Waals surface area contributed by atoms with Gasteiger partial charge in [-0.15, -0.1) is 0 Å². The van der Waals surface area contributed by atoms with Crippen molar-refractivity contribution < 1.29 is 17.1 Å². The van der Waals surface area contributed by atoms with Gasteiger partial charge in [0, 0.05) is 38.2 Å². The second-order valence-electron chi connectivity index (χ2n) is 11.9. The maximum absolute atomic E-state index is 9.47. The Bertz CT molecular complexity index is 3200. The van der Waals surface area contributed by atoms with Crippen LogP contribution in [0.3, 0.4) is 0 Å². The second-order valence-corrected chi connectivity index (χ2v) is 11.9. The fraction of sp³-hybridized carbons (Fsp3) is 0. The van der Waals surface area contributed by atoms with Crippen LogP contribution in [0.25, 0.3) is 100 Å². The average Bonchev–Trinajstić information content (AvgIpc) is 3.83. The molecular formula is C45H27N3O2. The topological polar surface area (TPSA) is 65.0 Å². The Balaban J connectivity index is 1.23. The van der Waals surface area contributed by atoms with Gasteiger partial charge >= 0.3 is 0 Å². The van der Waals surface area contributed by atoms with Crippen LogP contribution in [-0.4, -0.2) is 15.0 Å². The molecule has 10 rings (SSSR count). The Morgan fingerprint density at radius 1 is 0.360 bits per heavy atom. The standard InChI is InChI=1S/C45H27N3O2/c1-3-10-28(11-4-1)30-18-20-31(21-19-30)43-46-44(48-45(47-43)36-15-9-17-40-42(36)35-14-7-8-16-38(35)49-40)33-22-24-34-37-26-32(29-12-5-2-6-13-29)23-25-39(37)50-41(34)27-33/h1-27H/i22D,23D,24D,25D,26D,27D. The lowest BCUT2D eigenvalue weighted by atomic mass is 10.0. The van der Waals surface area contributed by atoms with Crippen LogP contribution in [0.15, 0.2) is 172 Å². The minimum Gasteiger partial charge on any atom is -0.456 e. The molecule has 3 heterocycles. The van der Waals surface area contributed by atoms with Gasteiger partial charge in [-0.3, -0.25) is 0 Å². The van der Waals surface area contributed by atoms with Crippen LogP contribution >= 0.6 is 0 Å². The summed E-state index contributed by atoms with van der Waals surface area (Å²) in [6, 6.07) is 38.4. The summed E-state index contributed by atoms with van der Waals surface area (Å²) in [5.74, 6) is 0.548. The Hall–Kier alpha value is -6.85. The third-order valence-electron chi connectivity index (χ3n) is 8.83. The van der Waals surface area contributed by atoms with Crippen molar-refractivity contribution in [2.45, 2.75) is 0 Å². The number of benzene rings is 7. The molecule has 0 aliphatic heterocycles. The molecule has 0 radical (unpaired) electrons. The van der Waals surface area contributed by atoms with Crippen molar-refractivity contribution in [2.75, 3.05) is 0 Å². The normalized spacial score (nSPS) is 13.3. The maximum atomic E-state index is 9.47. The predicted molar refractivity (Wildman–Crippen MR) is 202 cm³/mol. The SMILES string of the molecule is [2H]c1c(-c2ccccc2)c([2H])c2c(oc3c([2H])c(-c4nc(-c5ccc(-c6ccccc6)cc5)nc(-c5cccc6oc7ccccc7c56)n4)c([2H])c([2H])c32)c1[2H]. The lowest BCUT2D eigenvalue weighted by molar-refractivity contribution is 0.668. The molecule has 234 valence electrons. The van der Waals surface area contributed by atoms with Crippen LogP contribution in [0.1, 0.15) is 8.22 Å². The first-order valence-corrected chi connectivity index (χ1v) is 16.1. The molecule has 0 unspecified atom stereocenters. The fourth-order valence-electron chi connectivity index (χ4n) is 6.39. The largest absolute Gasteiger partial charge is 0.456 e. The quantitative estimate of drug-likeness (QED) is 0.186. The van der Waals surface area contributed by atoms with Gasteiger partial charge in [0.1, 0.15) is 22.3 Å². The number of para-hydroxylation sites is 1. The molecule has 0 aliphatic carbocycles. The summed E-state index contributed by atoms with van der Waals surface area (Å²) in [5, 5.41) is 1.82. The van der Waals surface area contributed by atoms with E-state index in [1.165, 1.54) is 0 Å². The Morgan fingerprint density at radius 3 is 1.76 bits per heavy atom. The molecule has 0 N–H and O–H groups in total. The predicted octanol–water partition coefficient (Wildman–Crippen LogP) is 12.0. The number of hydrogen-bond donors (Lipinski definition) is 0. The summed E-state index contributed by atoms with van der Waals surface area (Å²) in [5.41, 5.74) is 5.23. The molecule has 0 saturated heterocycles. The van der Waals surface area contributed by atoms with Gasteiger partial charge in [0.2, 0.25) is 0 Å². The van der Waals surface area contributed by atoms with E-state index in [0.29, 0.717) is 27.9 Å². The molecule has 0 spiro atoms. The van der Waals surface area contributed by atoms with Crippen molar-refractivity contribution in [3.8, 4) is 56.4 Å². The highest BCUT2D eigenvalue weighted by Crippen LogP contribution is 2.38. The first-order chi connectivity index (χ1) is 27.3. The first kappa shape index (κ1) is 22.7. The molecule has 10 aromatic rings. The van der Waals surface area contributed by atoms with Gasteiger partial charge in [-0.05, 0) is 58.6 Å². The zero-order chi connectivity index (χ0) is 38.2. The molecule has 0 amide bonds. The van der Waals surface area contributed by atoms with E-state index in [9.17, 15) is 5.48 Å². The first-order valence-electron chi connectivity index (χ1n) is 19.1. The molecule has 0 atom stereocenters. The summed E-state index contributed by atoms with van der Waals surface area (Å²) in [7, 11) is 0. The number of hydrogen-bond acceptors (Lipinski definition) is 5. The highest BCUT2D eigenvalue weighted by molar-refractivity contribution is 6.12. The van der Waals surface area contributed by atoms with Crippen molar-refractivity contribution in [2.24, 2.45) is 0 Å². The van der Waals surface area contributed by atoms with Crippen molar-refractivity contribution >= 4 is 43.9 Å². The van der Waals surface area contributed by atoms with Gasteiger partial charge in [0.05, 0.1) is 8.22 Å². The van der Waals surface area contributed by atoms with Crippen LogP contribution in [0.2, 0.25) is 0 Å². The summed E-state index contributed by atoms with van der Waals surface area (Å²) < 4.78 is 67.3. The van der Waals surface area contributed by atoms with E-state index in [1.54, 1.807) is 24.3 Å². The zero-order valence-corrected chi connectivity index (χ0v) is 26.3. The zero-order valence-electron chi connectivity index (χ0n) is 32.3. The van der Waals surface area contributed by atoms with Crippen LogP contribution in [0, 0.1) is 0 Å². The van der Waals surface area contributed by atoms with Gasteiger partial charge < -0.3 is 8.83 Å².